The Labute approximate surface area is 286 Å². The van der Waals surface area contributed by atoms with Crippen LogP contribution in [-0.2, 0) is 15.0 Å². The second-order valence-electron chi connectivity index (χ2n) is 10.9. The molecular formula is C37H42O8S2. The molecule has 0 radical (unpaired) electrons. The molecule has 0 fully saturated rings. The van der Waals surface area contributed by atoms with E-state index >= 15 is 0 Å². The molecule has 0 spiro atoms. The van der Waals surface area contributed by atoms with Gasteiger partial charge in [0, 0.05) is 10.5 Å². The van der Waals surface area contributed by atoms with Crippen molar-refractivity contribution in [3.63, 3.8) is 0 Å². The summed E-state index contributed by atoms with van der Waals surface area (Å²) in [6.07, 6.45) is 0.284. The zero-order valence-corrected chi connectivity index (χ0v) is 28.2. The van der Waals surface area contributed by atoms with E-state index in [0.29, 0.717) is 0 Å². The Morgan fingerprint density at radius 3 is 1.23 bits per heavy atom. The molecule has 1 aliphatic carbocycles. The Balaban J connectivity index is 0.000000360. The van der Waals surface area contributed by atoms with E-state index in [1.165, 1.54) is 22.3 Å². The molecule has 1 aliphatic rings. The summed E-state index contributed by atoms with van der Waals surface area (Å²) in [5, 5.41) is 34.2. The maximum absolute atomic E-state index is 9.76. The fraction of sp³-hybridized carbons (Fsp3) is 0.297. The van der Waals surface area contributed by atoms with Gasteiger partial charge in [0.15, 0.2) is 0 Å². The molecule has 0 saturated heterocycles. The van der Waals surface area contributed by atoms with E-state index in [1.807, 2.05) is 24.3 Å². The normalized spacial score (nSPS) is 13.3. The zero-order chi connectivity index (χ0) is 34.4. The molecule has 5 rings (SSSR count). The van der Waals surface area contributed by atoms with E-state index in [1.54, 1.807) is 13.8 Å². The van der Waals surface area contributed by atoms with Crippen molar-refractivity contribution in [3.05, 3.63) is 119 Å². The second-order valence-corrected chi connectivity index (χ2v) is 12.7. The van der Waals surface area contributed by atoms with Crippen molar-refractivity contribution in [1.82, 2.24) is 0 Å². The minimum atomic E-state index is -0.789. The van der Waals surface area contributed by atoms with Gasteiger partial charge in [-0.15, -0.1) is 0 Å². The van der Waals surface area contributed by atoms with Crippen molar-refractivity contribution in [2.45, 2.75) is 42.6 Å². The van der Waals surface area contributed by atoms with Gasteiger partial charge in [0.05, 0.1) is 31.5 Å². The van der Waals surface area contributed by atoms with Crippen LogP contribution in [0.25, 0.3) is 11.1 Å². The Morgan fingerprint density at radius 1 is 0.617 bits per heavy atom. The van der Waals surface area contributed by atoms with Gasteiger partial charge < -0.3 is 29.9 Å². The van der Waals surface area contributed by atoms with Gasteiger partial charge in [-0.1, -0.05) is 86.6 Å². The molecule has 0 aromatic heterocycles. The lowest BCUT2D eigenvalue weighted by molar-refractivity contribution is -0.137. The number of hydrogen-bond donors (Lipinski definition) is 6. The zero-order valence-electron chi connectivity index (χ0n) is 26.5. The lowest BCUT2D eigenvalue weighted by Crippen LogP contribution is -2.28. The van der Waals surface area contributed by atoms with Gasteiger partial charge in [0.25, 0.3) is 0 Å². The minimum absolute atomic E-state index is 0.0167. The highest BCUT2D eigenvalue weighted by atomic mass is 32.1. The summed E-state index contributed by atoms with van der Waals surface area (Å²) >= 11 is 7.71. The van der Waals surface area contributed by atoms with Crippen molar-refractivity contribution in [2.24, 2.45) is 0 Å². The molecule has 0 bridgehead atoms. The number of thiol groups is 2. The van der Waals surface area contributed by atoms with Gasteiger partial charge in [0.2, 0.25) is 0 Å². The van der Waals surface area contributed by atoms with Crippen molar-refractivity contribution < 1.29 is 39.5 Å². The highest BCUT2D eigenvalue weighted by Crippen LogP contribution is 2.56. The number of carbonyl (C=O) groups is 2. The number of hydrogen-bond acceptors (Lipinski definition) is 8. The van der Waals surface area contributed by atoms with E-state index < -0.39 is 17.4 Å². The molecule has 0 aliphatic heterocycles. The summed E-state index contributed by atoms with van der Waals surface area (Å²) in [5.41, 5.74) is 6.72. The maximum atomic E-state index is 9.76. The molecule has 10 heteroatoms. The van der Waals surface area contributed by atoms with E-state index in [-0.39, 0.29) is 49.8 Å². The van der Waals surface area contributed by atoms with Crippen LogP contribution in [0, 0.1) is 0 Å². The summed E-state index contributed by atoms with van der Waals surface area (Å²) in [5.74, 6) is -0.115. The van der Waals surface area contributed by atoms with Crippen LogP contribution in [-0.4, -0.2) is 69.3 Å². The number of carboxylic acid groups (broad SMARTS) is 2. The van der Waals surface area contributed by atoms with Crippen LogP contribution in [0.15, 0.2) is 97.1 Å². The van der Waals surface area contributed by atoms with Gasteiger partial charge in [-0.25, -0.2) is 0 Å². The van der Waals surface area contributed by atoms with Gasteiger partial charge in [0.1, 0.15) is 24.7 Å². The number of aliphatic hydroxyl groups excluding tert-OH is 2. The van der Waals surface area contributed by atoms with Crippen molar-refractivity contribution in [1.29, 1.82) is 0 Å². The smallest absolute Gasteiger partial charge is 0.304 e. The van der Waals surface area contributed by atoms with Crippen LogP contribution >= 0.6 is 25.3 Å². The van der Waals surface area contributed by atoms with Crippen LogP contribution in [0.1, 0.15) is 48.9 Å². The van der Waals surface area contributed by atoms with Crippen LogP contribution in [0.3, 0.4) is 0 Å². The summed E-state index contributed by atoms with van der Waals surface area (Å²) in [6.45, 7) is 4.00. The van der Waals surface area contributed by atoms with Gasteiger partial charge in [-0.2, -0.15) is 25.3 Å². The monoisotopic (exact) mass is 678 g/mol. The standard InChI is InChI=1S/C29H26O4.2C4H8O2S/c30-17-19-32-23-13-9-21(10-14-23)29(22-11-15-24(16-12-22)33-20-18-31)27-7-3-1-5-25(27)26-6-2-4-8-28(26)29;2*1-3(7)2-4(5)6/h1-16,30-31H,17-20H2;2*3,7H,2H2,1H3,(H,5,6). The van der Waals surface area contributed by atoms with E-state index in [9.17, 15) is 9.59 Å². The minimum Gasteiger partial charge on any atom is -0.491 e. The van der Waals surface area contributed by atoms with Crippen molar-refractivity contribution >= 4 is 37.2 Å². The molecule has 0 heterocycles. The lowest BCUT2D eigenvalue weighted by Gasteiger charge is -2.34. The van der Waals surface area contributed by atoms with Crippen LogP contribution in [0.4, 0.5) is 0 Å². The summed E-state index contributed by atoms with van der Waals surface area (Å²) in [7, 11) is 0. The third kappa shape index (κ3) is 10.0. The fourth-order valence-electron chi connectivity index (χ4n) is 5.46. The molecule has 4 N–H and O–H groups in total. The largest absolute Gasteiger partial charge is 0.491 e. The number of rotatable bonds is 12. The van der Waals surface area contributed by atoms with E-state index in [2.05, 4.69) is 98.1 Å². The number of carboxylic acids is 2. The number of fused-ring (bicyclic) bond motifs is 3. The van der Waals surface area contributed by atoms with Crippen molar-refractivity contribution in [3.8, 4) is 22.6 Å². The first-order valence-corrected chi connectivity index (χ1v) is 16.2. The van der Waals surface area contributed by atoms with Crippen molar-refractivity contribution in [2.75, 3.05) is 26.4 Å². The number of aliphatic carboxylic acids is 2. The molecule has 47 heavy (non-hydrogen) atoms. The van der Waals surface area contributed by atoms with E-state index in [0.717, 1.165) is 22.6 Å². The summed E-state index contributed by atoms with van der Waals surface area (Å²) in [6, 6.07) is 33.5. The molecule has 4 aromatic rings. The first kappa shape index (κ1) is 37.5. The highest BCUT2D eigenvalue weighted by Gasteiger charge is 2.45. The molecule has 2 unspecified atom stereocenters. The third-order valence-electron chi connectivity index (χ3n) is 7.19. The van der Waals surface area contributed by atoms with Crippen LogP contribution < -0.4 is 9.47 Å². The Morgan fingerprint density at radius 2 is 0.957 bits per heavy atom. The first-order chi connectivity index (χ1) is 22.5. The maximum Gasteiger partial charge on any atom is 0.304 e. The fourth-order valence-corrected chi connectivity index (χ4v) is 5.77. The number of ether oxygens (including phenoxy) is 2. The van der Waals surface area contributed by atoms with E-state index in [4.69, 9.17) is 29.9 Å². The van der Waals surface area contributed by atoms with Crippen LogP contribution in [0.2, 0.25) is 0 Å². The topological polar surface area (TPSA) is 134 Å². The van der Waals surface area contributed by atoms with Gasteiger partial charge >= 0.3 is 11.9 Å². The second kappa shape index (κ2) is 18.4. The third-order valence-corrected chi connectivity index (χ3v) is 7.55. The molecule has 250 valence electrons. The molecule has 8 nitrogen and oxygen atoms in total. The molecule has 0 amide bonds. The first-order valence-electron chi connectivity index (χ1n) is 15.2. The molecule has 0 saturated carbocycles. The Kier molecular flexibility index (Phi) is 14.7. The Bertz CT molecular complexity index is 1450. The van der Waals surface area contributed by atoms with Gasteiger partial charge in [-0.05, 0) is 57.6 Å². The summed E-state index contributed by atoms with van der Waals surface area (Å²) in [4.78, 5) is 19.5. The predicted octanol–water partition coefficient (Wildman–Crippen LogP) is 6.35. The van der Waals surface area contributed by atoms with Crippen LogP contribution in [0.5, 0.6) is 11.5 Å². The van der Waals surface area contributed by atoms with Gasteiger partial charge in [-0.3, -0.25) is 9.59 Å². The number of benzene rings is 4. The molecule has 4 aromatic carbocycles. The lowest BCUT2D eigenvalue weighted by atomic mass is 9.68. The predicted molar refractivity (Wildman–Crippen MR) is 190 cm³/mol. The molecular weight excluding hydrogens is 637 g/mol. The average Bonchev–Trinajstić information content (AvgIpc) is 3.34. The highest BCUT2D eigenvalue weighted by molar-refractivity contribution is 7.81. The Hall–Kier alpha value is -3.96. The molecule has 2 atom stereocenters. The number of aliphatic hydroxyl groups is 2. The SMILES string of the molecule is CC(S)CC(=O)O.CC(S)CC(=O)O.OCCOc1ccc(C2(c3ccc(OCCO)cc3)c3ccccc3-c3ccccc32)cc1. The summed E-state index contributed by atoms with van der Waals surface area (Å²) < 4.78 is 11.2. The quantitative estimate of drug-likeness (QED) is 0.0842. The average molecular weight is 679 g/mol.